The predicted octanol–water partition coefficient (Wildman–Crippen LogP) is 0.221. The molecule has 0 aromatic heterocycles. The first-order chi connectivity index (χ1) is 13.8. The molecule has 8 nitrogen and oxygen atoms in total. The van der Waals surface area contributed by atoms with E-state index >= 15 is 0 Å². The number of hydrogen-bond acceptors (Lipinski definition) is 6. The van der Waals surface area contributed by atoms with Gasteiger partial charge in [-0.3, -0.25) is 34.3 Å². The topological polar surface area (TPSA) is 98.8 Å². The number of amides is 4. The highest BCUT2D eigenvalue weighted by molar-refractivity contribution is 6.24. The summed E-state index contributed by atoms with van der Waals surface area (Å²) >= 11 is 0. The van der Waals surface area contributed by atoms with Gasteiger partial charge in [-0.1, -0.05) is 12.1 Å². The maximum absolute atomic E-state index is 14.6. The Morgan fingerprint density at radius 1 is 1.21 bits per heavy atom. The molecule has 3 aliphatic heterocycles. The summed E-state index contributed by atoms with van der Waals surface area (Å²) < 4.78 is 14.6. The number of fused-ring (bicyclic) bond motifs is 1. The van der Waals surface area contributed by atoms with Gasteiger partial charge in [0, 0.05) is 39.1 Å². The van der Waals surface area contributed by atoms with Crippen molar-refractivity contribution in [1.82, 2.24) is 20.4 Å². The van der Waals surface area contributed by atoms with Gasteiger partial charge in [0.2, 0.25) is 11.8 Å². The summed E-state index contributed by atoms with van der Waals surface area (Å²) in [5, 5.41) is 5.25. The molecule has 0 saturated carbocycles. The second-order valence-corrected chi connectivity index (χ2v) is 8.09. The molecule has 2 atom stereocenters. The van der Waals surface area contributed by atoms with Crippen molar-refractivity contribution in [3.63, 3.8) is 0 Å². The first kappa shape index (κ1) is 19.7. The number of carbonyl (C=O) groups is 4. The zero-order chi connectivity index (χ0) is 20.8. The van der Waals surface area contributed by atoms with Crippen molar-refractivity contribution in [1.29, 1.82) is 0 Å². The number of alkyl halides is 1. The molecule has 2 N–H and O–H groups in total. The van der Waals surface area contributed by atoms with E-state index in [1.807, 2.05) is 4.90 Å². The summed E-state index contributed by atoms with van der Waals surface area (Å²) in [4.78, 5) is 52.5. The van der Waals surface area contributed by atoms with Crippen LogP contribution >= 0.6 is 0 Å². The fourth-order valence-corrected chi connectivity index (χ4v) is 4.28. The van der Waals surface area contributed by atoms with Gasteiger partial charge >= 0.3 is 0 Å². The van der Waals surface area contributed by atoms with Crippen LogP contribution in [0.3, 0.4) is 0 Å². The van der Waals surface area contributed by atoms with Crippen LogP contribution in [-0.2, 0) is 16.1 Å². The fourth-order valence-electron chi connectivity index (χ4n) is 4.28. The van der Waals surface area contributed by atoms with Crippen LogP contribution < -0.4 is 10.6 Å². The first-order valence-corrected chi connectivity index (χ1v) is 9.72. The van der Waals surface area contributed by atoms with Crippen molar-refractivity contribution in [2.45, 2.75) is 38.0 Å². The van der Waals surface area contributed by atoms with E-state index in [9.17, 15) is 23.6 Å². The molecule has 1 aromatic rings. The molecular formula is C20H23FN4O4. The summed E-state index contributed by atoms with van der Waals surface area (Å²) in [7, 11) is 0. The lowest BCUT2D eigenvalue weighted by molar-refractivity contribution is -0.136. The number of imide groups is 2. The van der Waals surface area contributed by atoms with Crippen molar-refractivity contribution in [3.8, 4) is 0 Å². The smallest absolute Gasteiger partial charge is 0.262 e. The van der Waals surface area contributed by atoms with Crippen molar-refractivity contribution in [2.24, 2.45) is 0 Å². The van der Waals surface area contributed by atoms with Gasteiger partial charge in [0.25, 0.3) is 11.8 Å². The zero-order valence-corrected chi connectivity index (χ0v) is 16.2. The maximum atomic E-state index is 14.6. The molecular weight excluding hydrogens is 379 g/mol. The summed E-state index contributed by atoms with van der Waals surface area (Å²) in [6.07, 6.45) is 0.190. The number of benzene rings is 1. The molecule has 9 heteroatoms. The molecule has 4 amide bonds. The summed E-state index contributed by atoms with van der Waals surface area (Å²) in [6, 6.07) is 4.02. The minimum Gasteiger partial charge on any atom is -0.312 e. The third kappa shape index (κ3) is 3.67. The Morgan fingerprint density at radius 3 is 2.76 bits per heavy atom. The molecule has 154 valence electrons. The van der Waals surface area contributed by atoms with Crippen LogP contribution in [0.15, 0.2) is 18.2 Å². The van der Waals surface area contributed by atoms with E-state index in [1.54, 1.807) is 18.2 Å². The summed E-state index contributed by atoms with van der Waals surface area (Å²) in [6.45, 7) is 3.57. The van der Waals surface area contributed by atoms with Gasteiger partial charge in [-0.15, -0.1) is 0 Å². The molecule has 0 aliphatic carbocycles. The second-order valence-electron chi connectivity index (χ2n) is 8.09. The normalized spacial score (nSPS) is 28.3. The van der Waals surface area contributed by atoms with Gasteiger partial charge in [-0.05, 0) is 25.0 Å². The van der Waals surface area contributed by atoms with E-state index in [0.717, 1.165) is 4.90 Å². The fraction of sp³-hybridized carbons (Fsp3) is 0.500. The Bertz CT molecular complexity index is 900. The minimum atomic E-state index is -1.40. The Balaban J connectivity index is 1.61. The van der Waals surface area contributed by atoms with E-state index in [4.69, 9.17) is 0 Å². The van der Waals surface area contributed by atoms with E-state index in [1.165, 1.54) is 6.92 Å². The first-order valence-electron chi connectivity index (χ1n) is 9.72. The minimum absolute atomic E-state index is 0.0759. The zero-order valence-electron chi connectivity index (χ0n) is 16.2. The van der Waals surface area contributed by atoms with Crippen LogP contribution in [0.25, 0.3) is 0 Å². The number of piperidine rings is 1. The average Bonchev–Trinajstić information content (AvgIpc) is 2.79. The van der Waals surface area contributed by atoms with E-state index in [-0.39, 0.29) is 37.1 Å². The molecule has 4 rings (SSSR count). The maximum Gasteiger partial charge on any atom is 0.262 e. The molecule has 29 heavy (non-hydrogen) atoms. The third-order valence-corrected chi connectivity index (χ3v) is 5.60. The standard InChI is InChI=1S/C20H23FN4O4/c1-20(21)10-22-7-8-24(11-20)9-12-3-2-4-13-16(12)19(29)25(18(13)28)14-5-6-15(26)23-17(14)27/h2-4,14,22H,5-11H2,1H3,(H,23,26,27). The number of halogens is 1. The van der Waals surface area contributed by atoms with E-state index in [0.29, 0.717) is 25.2 Å². The molecule has 3 aliphatic rings. The predicted molar refractivity (Wildman–Crippen MR) is 101 cm³/mol. The Morgan fingerprint density at radius 2 is 2.00 bits per heavy atom. The summed E-state index contributed by atoms with van der Waals surface area (Å²) in [5.74, 6) is -2.11. The van der Waals surface area contributed by atoms with Gasteiger partial charge in [-0.2, -0.15) is 0 Å². The molecule has 3 heterocycles. The highest BCUT2D eigenvalue weighted by Gasteiger charge is 2.45. The largest absolute Gasteiger partial charge is 0.312 e. The molecule has 2 unspecified atom stereocenters. The van der Waals surface area contributed by atoms with Crippen molar-refractivity contribution < 1.29 is 23.6 Å². The highest BCUT2D eigenvalue weighted by atomic mass is 19.1. The third-order valence-electron chi connectivity index (χ3n) is 5.60. The van der Waals surface area contributed by atoms with Crippen molar-refractivity contribution in [2.75, 3.05) is 26.2 Å². The molecule has 0 spiro atoms. The molecule has 2 saturated heterocycles. The number of nitrogens with one attached hydrogen (secondary N) is 2. The van der Waals surface area contributed by atoms with Crippen LogP contribution in [0.1, 0.15) is 46.0 Å². The average molecular weight is 402 g/mol. The molecule has 1 aromatic carbocycles. The van der Waals surface area contributed by atoms with Crippen molar-refractivity contribution in [3.05, 3.63) is 34.9 Å². The molecule has 0 bridgehead atoms. The second kappa shape index (κ2) is 7.31. The molecule has 0 radical (unpaired) electrons. The Labute approximate surface area is 167 Å². The lowest BCUT2D eigenvalue weighted by atomic mass is 10.0. The van der Waals surface area contributed by atoms with Crippen LogP contribution in [0, 0.1) is 0 Å². The van der Waals surface area contributed by atoms with Crippen LogP contribution in [-0.4, -0.2) is 71.3 Å². The Hall–Kier alpha value is -2.65. The van der Waals surface area contributed by atoms with Gasteiger partial charge < -0.3 is 5.32 Å². The molecule has 2 fully saturated rings. The highest BCUT2D eigenvalue weighted by Crippen LogP contribution is 2.31. The van der Waals surface area contributed by atoms with Gasteiger partial charge in [0.15, 0.2) is 0 Å². The van der Waals surface area contributed by atoms with Crippen molar-refractivity contribution >= 4 is 23.6 Å². The van der Waals surface area contributed by atoms with Crippen LogP contribution in [0.4, 0.5) is 4.39 Å². The van der Waals surface area contributed by atoms with Crippen LogP contribution in [0.5, 0.6) is 0 Å². The van der Waals surface area contributed by atoms with Gasteiger partial charge in [-0.25, -0.2) is 4.39 Å². The number of carbonyl (C=O) groups excluding carboxylic acids is 4. The lowest BCUT2D eigenvalue weighted by Crippen LogP contribution is -2.54. The van der Waals surface area contributed by atoms with E-state index < -0.39 is 35.3 Å². The Kier molecular flexibility index (Phi) is 4.95. The van der Waals surface area contributed by atoms with E-state index in [2.05, 4.69) is 10.6 Å². The number of hydrogen-bond donors (Lipinski definition) is 2. The monoisotopic (exact) mass is 402 g/mol. The number of nitrogens with zero attached hydrogens (tertiary/aromatic N) is 2. The SMILES string of the molecule is CC1(F)CNCCN(Cc2cccc3c2C(=O)N(C2CCC(=O)NC2=O)C3=O)C1. The van der Waals surface area contributed by atoms with Gasteiger partial charge in [0.1, 0.15) is 11.7 Å². The summed E-state index contributed by atoms with van der Waals surface area (Å²) in [5.41, 5.74) is -0.256. The number of rotatable bonds is 3. The quantitative estimate of drug-likeness (QED) is 0.702. The van der Waals surface area contributed by atoms with Gasteiger partial charge in [0.05, 0.1) is 11.1 Å². The lowest BCUT2D eigenvalue weighted by Gasteiger charge is -2.28. The van der Waals surface area contributed by atoms with Crippen LogP contribution in [0.2, 0.25) is 0 Å².